The summed E-state index contributed by atoms with van der Waals surface area (Å²) < 4.78 is 0. The van der Waals surface area contributed by atoms with Crippen molar-refractivity contribution in [3.63, 3.8) is 0 Å². The highest BCUT2D eigenvalue weighted by atomic mass is 15.3. The van der Waals surface area contributed by atoms with E-state index in [1.54, 1.807) is 6.20 Å². The van der Waals surface area contributed by atoms with Crippen LogP contribution in [-0.2, 0) is 0 Å². The minimum Gasteiger partial charge on any atom is -0.368 e. The number of nitrogen functional groups attached to an aromatic ring is 1. The molecule has 0 spiro atoms. The van der Waals surface area contributed by atoms with Crippen LogP contribution in [-0.4, -0.2) is 41.0 Å². The maximum Gasteiger partial charge on any atom is 0.239 e. The fourth-order valence-electron chi connectivity index (χ4n) is 2.31. The summed E-state index contributed by atoms with van der Waals surface area (Å²) in [5, 5.41) is 3.40. The molecule has 6 nitrogen and oxygen atoms in total. The fraction of sp³-hybridized carbons (Fsp3) is 0.667. The summed E-state index contributed by atoms with van der Waals surface area (Å²) in [6.45, 7) is 4.09. The third-order valence-corrected chi connectivity index (χ3v) is 3.53. The first-order valence-corrected chi connectivity index (χ1v) is 6.45. The Morgan fingerprint density at radius 2 is 2.33 bits per heavy atom. The van der Waals surface area contributed by atoms with Gasteiger partial charge in [0.15, 0.2) is 0 Å². The number of hydrogen-bond donors (Lipinski definition) is 3. The monoisotopic (exact) mass is 250 g/mol. The molecule has 1 aromatic rings. The maximum absolute atomic E-state index is 5.32. The van der Waals surface area contributed by atoms with Gasteiger partial charge < -0.3 is 10.2 Å². The second-order valence-corrected chi connectivity index (χ2v) is 4.88. The van der Waals surface area contributed by atoms with E-state index in [-0.39, 0.29) is 0 Å². The minimum atomic E-state index is 0.445. The first-order valence-electron chi connectivity index (χ1n) is 6.45. The summed E-state index contributed by atoms with van der Waals surface area (Å²) in [6, 6.07) is 0.586. The van der Waals surface area contributed by atoms with Crippen molar-refractivity contribution in [1.82, 2.24) is 14.9 Å². The summed E-state index contributed by atoms with van der Waals surface area (Å²) in [7, 11) is 2.19. The lowest BCUT2D eigenvalue weighted by Crippen LogP contribution is -2.41. The van der Waals surface area contributed by atoms with E-state index in [4.69, 9.17) is 5.84 Å². The molecule has 1 saturated heterocycles. The summed E-state index contributed by atoms with van der Waals surface area (Å²) in [4.78, 5) is 10.8. The van der Waals surface area contributed by atoms with Crippen molar-refractivity contribution in [3.05, 3.63) is 11.8 Å². The Morgan fingerprint density at radius 1 is 1.50 bits per heavy atom. The number of nitrogens with two attached hydrogens (primary N) is 1. The molecule has 4 N–H and O–H groups in total. The number of hydrazine groups is 1. The average Bonchev–Trinajstić information content (AvgIpc) is 2.39. The number of likely N-dealkylation sites (N-methyl/N-ethyl adjacent to an activating group) is 1. The maximum atomic E-state index is 5.32. The molecule has 18 heavy (non-hydrogen) atoms. The van der Waals surface area contributed by atoms with Crippen molar-refractivity contribution in [1.29, 1.82) is 0 Å². The van der Waals surface area contributed by atoms with Gasteiger partial charge in [-0.05, 0) is 33.4 Å². The van der Waals surface area contributed by atoms with Crippen LogP contribution in [0, 0.1) is 6.92 Å². The number of anilines is 2. The Kier molecular flexibility index (Phi) is 4.33. The van der Waals surface area contributed by atoms with Crippen molar-refractivity contribution < 1.29 is 0 Å². The van der Waals surface area contributed by atoms with Gasteiger partial charge in [0, 0.05) is 24.3 Å². The summed E-state index contributed by atoms with van der Waals surface area (Å²) in [6.07, 6.45) is 5.64. The van der Waals surface area contributed by atoms with Crippen LogP contribution in [0.2, 0.25) is 0 Å². The standard InChI is InChI=1S/C12H22N6/c1-9-7-15-12(17-13)16-11(9)14-8-10-5-3-4-6-18(10)2/h7,10H,3-6,8,13H2,1-2H3,(H2,14,15,16,17). The second kappa shape index (κ2) is 5.97. The number of hydrogen-bond acceptors (Lipinski definition) is 6. The van der Waals surface area contributed by atoms with E-state index < -0.39 is 0 Å². The Hall–Kier alpha value is -1.40. The number of nitrogens with zero attached hydrogens (tertiary/aromatic N) is 3. The first-order chi connectivity index (χ1) is 8.70. The SMILES string of the molecule is Cc1cnc(NN)nc1NCC1CCCCN1C. The molecule has 0 radical (unpaired) electrons. The number of rotatable bonds is 4. The molecule has 0 saturated carbocycles. The quantitative estimate of drug-likeness (QED) is 0.546. The third kappa shape index (κ3) is 3.08. The second-order valence-electron chi connectivity index (χ2n) is 4.88. The third-order valence-electron chi connectivity index (χ3n) is 3.53. The number of nitrogens with one attached hydrogen (secondary N) is 2. The molecule has 1 atom stereocenters. The molecule has 6 heteroatoms. The highest BCUT2D eigenvalue weighted by Crippen LogP contribution is 2.17. The molecule has 1 unspecified atom stereocenters. The highest BCUT2D eigenvalue weighted by Gasteiger charge is 2.18. The Morgan fingerprint density at radius 3 is 3.06 bits per heavy atom. The first kappa shape index (κ1) is 13.0. The lowest BCUT2D eigenvalue weighted by Gasteiger charge is -2.32. The molecule has 0 aliphatic carbocycles. The van der Waals surface area contributed by atoms with E-state index >= 15 is 0 Å². The lowest BCUT2D eigenvalue weighted by molar-refractivity contribution is 0.194. The molecule has 1 aromatic heterocycles. The van der Waals surface area contributed by atoms with Crippen LogP contribution in [0.3, 0.4) is 0 Å². The molecule has 100 valence electrons. The molecule has 0 amide bonds. The van der Waals surface area contributed by atoms with Crippen LogP contribution in [0.4, 0.5) is 11.8 Å². The molecule has 0 bridgehead atoms. The predicted molar refractivity (Wildman–Crippen MR) is 73.3 cm³/mol. The fourth-order valence-corrected chi connectivity index (χ4v) is 2.31. The number of piperidine rings is 1. The van der Waals surface area contributed by atoms with E-state index in [1.165, 1.54) is 25.8 Å². The van der Waals surface area contributed by atoms with Crippen LogP contribution in [0.15, 0.2) is 6.20 Å². The minimum absolute atomic E-state index is 0.445. The van der Waals surface area contributed by atoms with Crippen LogP contribution in [0.5, 0.6) is 0 Å². The Bertz CT molecular complexity index is 394. The van der Waals surface area contributed by atoms with Gasteiger partial charge in [-0.15, -0.1) is 0 Å². The van der Waals surface area contributed by atoms with E-state index in [2.05, 4.69) is 32.7 Å². The molecular weight excluding hydrogens is 228 g/mol. The van der Waals surface area contributed by atoms with Gasteiger partial charge in [0.1, 0.15) is 5.82 Å². The Balaban J connectivity index is 1.96. The van der Waals surface area contributed by atoms with Crippen molar-refractivity contribution in [2.45, 2.75) is 32.2 Å². The van der Waals surface area contributed by atoms with Crippen molar-refractivity contribution in [3.8, 4) is 0 Å². The molecule has 1 aliphatic heterocycles. The molecule has 2 rings (SSSR count). The van der Waals surface area contributed by atoms with Gasteiger partial charge in [0.25, 0.3) is 0 Å². The summed E-state index contributed by atoms with van der Waals surface area (Å²) in [5.41, 5.74) is 3.50. The van der Waals surface area contributed by atoms with Crippen LogP contribution in [0.25, 0.3) is 0 Å². The summed E-state index contributed by atoms with van der Waals surface area (Å²) in [5.74, 6) is 6.62. The largest absolute Gasteiger partial charge is 0.368 e. The molecule has 1 fully saturated rings. The van der Waals surface area contributed by atoms with Crippen LogP contribution < -0.4 is 16.6 Å². The highest BCUT2D eigenvalue weighted by molar-refractivity contribution is 5.46. The van der Waals surface area contributed by atoms with Gasteiger partial charge in [0.2, 0.25) is 5.95 Å². The molecule has 0 aromatic carbocycles. The molecular formula is C12H22N6. The number of likely N-dealkylation sites (tertiary alicyclic amines) is 1. The van der Waals surface area contributed by atoms with E-state index in [9.17, 15) is 0 Å². The van der Waals surface area contributed by atoms with Gasteiger partial charge in [0.05, 0.1) is 0 Å². The van der Waals surface area contributed by atoms with Crippen molar-refractivity contribution in [2.24, 2.45) is 5.84 Å². The van der Waals surface area contributed by atoms with E-state index in [0.29, 0.717) is 12.0 Å². The smallest absolute Gasteiger partial charge is 0.239 e. The normalized spacial score (nSPS) is 20.7. The van der Waals surface area contributed by atoms with E-state index in [1.807, 2.05) is 6.92 Å². The van der Waals surface area contributed by atoms with Gasteiger partial charge in [-0.1, -0.05) is 6.42 Å². The van der Waals surface area contributed by atoms with Gasteiger partial charge in [-0.2, -0.15) is 4.98 Å². The zero-order chi connectivity index (χ0) is 13.0. The Labute approximate surface area is 108 Å². The van der Waals surface area contributed by atoms with Crippen LogP contribution in [0.1, 0.15) is 24.8 Å². The molecule has 2 heterocycles. The van der Waals surface area contributed by atoms with Crippen LogP contribution >= 0.6 is 0 Å². The van der Waals surface area contributed by atoms with E-state index in [0.717, 1.165) is 17.9 Å². The van der Waals surface area contributed by atoms with Gasteiger partial charge in [-0.25, -0.2) is 10.8 Å². The lowest BCUT2D eigenvalue weighted by atomic mass is 10.0. The predicted octanol–water partition coefficient (Wildman–Crippen LogP) is 0.967. The number of aryl methyl sites for hydroxylation is 1. The topological polar surface area (TPSA) is 79.1 Å². The zero-order valence-electron chi connectivity index (χ0n) is 11.1. The van der Waals surface area contributed by atoms with Crippen molar-refractivity contribution in [2.75, 3.05) is 30.9 Å². The van der Waals surface area contributed by atoms with Gasteiger partial charge >= 0.3 is 0 Å². The van der Waals surface area contributed by atoms with Crippen molar-refractivity contribution >= 4 is 11.8 Å². The van der Waals surface area contributed by atoms with Gasteiger partial charge in [-0.3, -0.25) is 5.43 Å². The summed E-state index contributed by atoms with van der Waals surface area (Å²) >= 11 is 0. The number of aromatic nitrogens is 2. The molecule has 1 aliphatic rings. The average molecular weight is 250 g/mol. The zero-order valence-corrected chi connectivity index (χ0v) is 11.1.